The van der Waals surface area contributed by atoms with E-state index in [0.29, 0.717) is 36.5 Å². The highest BCUT2D eigenvalue weighted by molar-refractivity contribution is 7.16. The van der Waals surface area contributed by atoms with Crippen LogP contribution in [0.25, 0.3) is 10.2 Å². The van der Waals surface area contributed by atoms with E-state index in [9.17, 15) is 9.59 Å². The number of thiazole rings is 1. The highest BCUT2D eigenvalue weighted by Crippen LogP contribution is 2.20. The third-order valence-electron chi connectivity index (χ3n) is 3.45. The Bertz CT molecular complexity index is 791. The number of carbonyl (C=O) groups excluding carboxylic acids is 2. The Balaban J connectivity index is 2.50. The molecule has 0 aliphatic rings. The quantitative estimate of drug-likeness (QED) is 0.569. The molecule has 1 aromatic heterocycles. The van der Waals surface area contributed by atoms with Crippen molar-refractivity contribution in [2.24, 2.45) is 4.99 Å². The summed E-state index contributed by atoms with van der Waals surface area (Å²) in [6.45, 7) is 5.66. The van der Waals surface area contributed by atoms with Crippen molar-refractivity contribution >= 4 is 33.4 Å². The van der Waals surface area contributed by atoms with E-state index < -0.39 is 0 Å². The van der Waals surface area contributed by atoms with Gasteiger partial charge in [-0.15, -0.1) is 0 Å². The minimum absolute atomic E-state index is 0.137. The van der Waals surface area contributed by atoms with Gasteiger partial charge in [0, 0.05) is 19.6 Å². The van der Waals surface area contributed by atoms with Crippen LogP contribution in [0.4, 0.5) is 0 Å². The summed E-state index contributed by atoms with van der Waals surface area (Å²) in [5.41, 5.74) is 1.41. The van der Waals surface area contributed by atoms with Crippen molar-refractivity contribution in [1.29, 1.82) is 0 Å². The van der Waals surface area contributed by atoms with Gasteiger partial charge >= 0.3 is 5.97 Å². The third kappa shape index (κ3) is 4.30. The number of nitrogens with zero attached hydrogens (tertiary/aromatic N) is 2. The van der Waals surface area contributed by atoms with Gasteiger partial charge in [-0.3, -0.25) is 4.79 Å². The van der Waals surface area contributed by atoms with Crippen molar-refractivity contribution in [1.82, 2.24) is 4.57 Å². The highest BCUT2D eigenvalue weighted by atomic mass is 32.1. The number of amides is 1. The second-order valence-corrected chi connectivity index (χ2v) is 6.17. The van der Waals surface area contributed by atoms with Gasteiger partial charge in [-0.05, 0) is 31.5 Å². The molecule has 7 heteroatoms. The maximum absolute atomic E-state index is 11.9. The van der Waals surface area contributed by atoms with Crippen LogP contribution in [0.5, 0.6) is 0 Å². The van der Waals surface area contributed by atoms with E-state index in [2.05, 4.69) is 4.99 Å². The highest BCUT2D eigenvalue weighted by Gasteiger charge is 2.12. The van der Waals surface area contributed by atoms with Gasteiger partial charge in [0.05, 0.1) is 29.5 Å². The van der Waals surface area contributed by atoms with Crippen molar-refractivity contribution in [2.45, 2.75) is 33.2 Å². The molecule has 0 saturated heterocycles. The molecule has 0 radical (unpaired) electrons. The molecule has 0 atom stereocenters. The van der Waals surface area contributed by atoms with Gasteiger partial charge in [-0.2, -0.15) is 4.99 Å². The van der Waals surface area contributed by atoms with Crippen LogP contribution in [-0.2, 0) is 20.8 Å². The number of rotatable bonds is 7. The molecule has 0 aliphatic carbocycles. The van der Waals surface area contributed by atoms with E-state index in [-0.39, 0.29) is 11.9 Å². The second-order valence-electron chi connectivity index (χ2n) is 5.16. The molecule has 6 nitrogen and oxygen atoms in total. The average molecular weight is 350 g/mol. The topological polar surface area (TPSA) is 69.9 Å². The molecular weight excluding hydrogens is 328 g/mol. The molecule has 1 heterocycles. The summed E-state index contributed by atoms with van der Waals surface area (Å²) in [4.78, 5) is 28.5. The van der Waals surface area contributed by atoms with E-state index in [1.54, 1.807) is 12.1 Å². The smallest absolute Gasteiger partial charge is 0.337 e. The van der Waals surface area contributed by atoms with Crippen LogP contribution in [0.1, 0.15) is 37.0 Å². The fourth-order valence-electron chi connectivity index (χ4n) is 2.30. The maximum atomic E-state index is 11.9. The van der Waals surface area contributed by atoms with Crippen LogP contribution < -0.4 is 4.80 Å². The number of methoxy groups -OCH3 is 1. The lowest BCUT2D eigenvalue weighted by Gasteiger charge is -2.06. The largest absolute Gasteiger partial charge is 0.465 e. The fraction of sp³-hybridized carbons (Fsp3) is 0.471. The number of fused-ring (bicyclic) bond motifs is 1. The van der Waals surface area contributed by atoms with Crippen molar-refractivity contribution in [3.63, 3.8) is 0 Å². The molecule has 0 aliphatic heterocycles. The SMILES string of the molecule is CCCC(=O)N=c1sc2cc(C(=O)OC)ccc2n1CCOCC. The van der Waals surface area contributed by atoms with Gasteiger partial charge in [-0.25, -0.2) is 4.79 Å². The van der Waals surface area contributed by atoms with Gasteiger partial charge in [-0.1, -0.05) is 18.3 Å². The Hall–Kier alpha value is -1.99. The molecule has 0 unspecified atom stereocenters. The molecule has 0 fully saturated rings. The Morgan fingerprint density at radius 3 is 2.75 bits per heavy atom. The lowest BCUT2D eigenvalue weighted by Crippen LogP contribution is -2.19. The van der Waals surface area contributed by atoms with Gasteiger partial charge in [0.15, 0.2) is 4.80 Å². The lowest BCUT2D eigenvalue weighted by atomic mass is 10.2. The molecule has 24 heavy (non-hydrogen) atoms. The first-order valence-corrected chi connectivity index (χ1v) is 8.79. The summed E-state index contributed by atoms with van der Waals surface area (Å²) in [5, 5.41) is 0. The van der Waals surface area contributed by atoms with Crippen LogP contribution in [0.2, 0.25) is 0 Å². The van der Waals surface area contributed by atoms with Gasteiger partial charge < -0.3 is 14.0 Å². The summed E-state index contributed by atoms with van der Waals surface area (Å²) in [6.07, 6.45) is 1.19. The van der Waals surface area contributed by atoms with Crippen molar-refractivity contribution in [3.05, 3.63) is 28.6 Å². The predicted molar refractivity (Wildman–Crippen MR) is 93.1 cm³/mol. The summed E-state index contributed by atoms with van der Waals surface area (Å²) >= 11 is 1.39. The number of benzene rings is 1. The van der Waals surface area contributed by atoms with Crippen LogP contribution >= 0.6 is 11.3 Å². The number of hydrogen-bond donors (Lipinski definition) is 0. The Labute approximate surface area is 144 Å². The average Bonchev–Trinajstić information content (AvgIpc) is 2.91. The molecule has 0 spiro atoms. The number of ether oxygens (including phenoxy) is 2. The molecule has 0 bridgehead atoms. The predicted octanol–water partition coefficient (Wildman–Crippen LogP) is 2.75. The van der Waals surface area contributed by atoms with Crippen LogP contribution in [0.3, 0.4) is 0 Å². The summed E-state index contributed by atoms with van der Waals surface area (Å²) in [6, 6.07) is 5.34. The van der Waals surface area contributed by atoms with Crippen molar-refractivity contribution in [2.75, 3.05) is 20.3 Å². The van der Waals surface area contributed by atoms with Crippen LogP contribution in [0.15, 0.2) is 23.2 Å². The van der Waals surface area contributed by atoms with E-state index in [1.165, 1.54) is 18.4 Å². The molecule has 0 saturated carbocycles. The first-order chi connectivity index (χ1) is 11.6. The Morgan fingerprint density at radius 2 is 2.08 bits per heavy atom. The second kappa shape index (κ2) is 8.75. The lowest BCUT2D eigenvalue weighted by molar-refractivity contribution is -0.118. The molecule has 1 aromatic carbocycles. The molecule has 0 N–H and O–H groups in total. The van der Waals surface area contributed by atoms with Gasteiger partial charge in [0.2, 0.25) is 5.91 Å². The molecule has 2 rings (SSSR count). The van der Waals surface area contributed by atoms with E-state index in [4.69, 9.17) is 9.47 Å². The van der Waals surface area contributed by atoms with E-state index in [1.807, 2.05) is 24.5 Å². The van der Waals surface area contributed by atoms with Gasteiger partial charge in [0.25, 0.3) is 0 Å². The number of hydrogen-bond acceptors (Lipinski definition) is 5. The first kappa shape index (κ1) is 18.4. The zero-order valence-corrected chi connectivity index (χ0v) is 15.0. The first-order valence-electron chi connectivity index (χ1n) is 7.97. The molecule has 130 valence electrons. The minimum atomic E-state index is -0.383. The molecule has 1 amide bonds. The normalized spacial score (nSPS) is 11.9. The van der Waals surface area contributed by atoms with E-state index in [0.717, 1.165) is 16.6 Å². The summed E-state index contributed by atoms with van der Waals surface area (Å²) in [7, 11) is 1.35. The molecule has 2 aromatic rings. The standard InChI is InChI=1S/C17H22N2O4S/c1-4-6-15(20)18-17-19(9-10-23-5-2)13-8-7-12(16(21)22-3)11-14(13)24-17/h7-8,11H,4-6,9-10H2,1-3H3. The minimum Gasteiger partial charge on any atom is -0.465 e. The van der Waals surface area contributed by atoms with E-state index >= 15 is 0 Å². The van der Waals surface area contributed by atoms with Crippen LogP contribution in [0, 0.1) is 0 Å². The number of carbonyl (C=O) groups is 2. The zero-order valence-electron chi connectivity index (χ0n) is 14.2. The summed E-state index contributed by atoms with van der Waals surface area (Å²) in [5.74, 6) is -0.519. The van der Waals surface area contributed by atoms with Crippen molar-refractivity contribution in [3.8, 4) is 0 Å². The summed E-state index contributed by atoms with van der Waals surface area (Å²) < 4.78 is 13.0. The van der Waals surface area contributed by atoms with Crippen LogP contribution in [-0.4, -0.2) is 36.8 Å². The Morgan fingerprint density at radius 1 is 1.29 bits per heavy atom. The maximum Gasteiger partial charge on any atom is 0.337 e. The van der Waals surface area contributed by atoms with Gasteiger partial charge in [0.1, 0.15) is 0 Å². The monoisotopic (exact) mass is 350 g/mol. The Kier molecular flexibility index (Phi) is 6.69. The fourth-order valence-corrected chi connectivity index (χ4v) is 3.41. The van der Waals surface area contributed by atoms with Crippen molar-refractivity contribution < 1.29 is 19.1 Å². The zero-order chi connectivity index (χ0) is 17.5. The number of aromatic nitrogens is 1. The third-order valence-corrected chi connectivity index (χ3v) is 4.49. The number of esters is 1. The molecular formula is C17H22N2O4S.